The fourth-order valence-corrected chi connectivity index (χ4v) is 1.66. The van der Waals surface area contributed by atoms with Crippen LogP contribution in [0.5, 0.6) is 5.75 Å². The van der Waals surface area contributed by atoms with Crippen LogP contribution in [-0.4, -0.2) is 19.1 Å². The van der Waals surface area contributed by atoms with Gasteiger partial charge in [-0.15, -0.1) is 0 Å². The highest BCUT2D eigenvalue weighted by molar-refractivity contribution is 5.94. The van der Waals surface area contributed by atoms with E-state index in [1.54, 1.807) is 0 Å². The number of rotatable bonds is 5. The minimum atomic E-state index is -0.0725. The third-order valence-corrected chi connectivity index (χ3v) is 2.71. The van der Waals surface area contributed by atoms with Crippen LogP contribution in [0, 0.1) is 6.92 Å². The Morgan fingerprint density at radius 3 is 2.42 bits per heavy atom. The van der Waals surface area contributed by atoms with Gasteiger partial charge in [-0.2, -0.15) is 0 Å². The highest BCUT2D eigenvalue weighted by Gasteiger charge is 2.03. The Balaban J connectivity index is 1.74. The molecule has 1 amide bonds. The van der Waals surface area contributed by atoms with Crippen molar-refractivity contribution in [3.63, 3.8) is 0 Å². The van der Waals surface area contributed by atoms with Crippen LogP contribution in [0.25, 0.3) is 0 Å². The number of ether oxygens (including phenoxy) is 1. The molecule has 0 bridgehead atoms. The molecule has 2 aromatic carbocycles. The lowest BCUT2D eigenvalue weighted by atomic mass is 10.1. The van der Waals surface area contributed by atoms with Gasteiger partial charge in [0.2, 0.25) is 0 Å². The highest BCUT2D eigenvalue weighted by atomic mass is 16.5. The lowest BCUT2D eigenvalue weighted by Crippen LogP contribution is -2.28. The zero-order valence-corrected chi connectivity index (χ0v) is 10.9. The van der Waals surface area contributed by atoms with Crippen molar-refractivity contribution in [2.24, 2.45) is 0 Å². The molecule has 0 atom stereocenters. The van der Waals surface area contributed by atoms with Crippen LogP contribution in [0.4, 0.5) is 0 Å². The van der Waals surface area contributed by atoms with E-state index in [0.29, 0.717) is 18.7 Å². The van der Waals surface area contributed by atoms with E-state index in [2.05, 4.69) is 5.32 Å². The summed E-state index contributed by atoms with van der Waals surface area (Å²) in [5.41, 5.74) is 1.81. The van der Waals surface area contributed by atoms with E-state index in [1.807, 2.05) is 61.5 Å². The maximum absolute atomic E-state index is 11.8. The first-order valence-corrected chi connectivity index (χ1v) is 6.28. The summed E-state index contributed by atoms with van der Waals surface area (Å²) >= 11 is 0. The molecule has 0 aliphatic heterocycles. The Morgan fingerprint density at radius 1 is 1.05 bits per heavy atom. The van der Waals surface area contributed by atoms with Crippen LogP contribution in [0.1, 0.15) is 15.9 Å². The lowest BCUT2D eigenvalue weighted by molar-refractivity contribution is 0.0947. The van der Waals surface area contributed by atoms with Crippen molar-refractivity contribution in [1.29, 1.82) is 0 Å². The van der Waals surface area contributed by atoms with Gasteiger partial charge in [0.1, 0.15) is 12.4 Å². The molecule has 19 heavy (non-hydrogen) atoms. The summed E-state index contributed by atoms with van der Waals surface area (Å²) in [5.74, 6) is 0.740. The fraction of sp³-hybridized carbons (Fsp3) is 0.188. The van der Waals surface area contributed by atoms with Gasteiger partial charge >= 0.3 is 0 Å². The number of nitrogens with one attached hydrogen (secondary N) is 1. The molecule has 0 spiro atoms. The Kier molecular flexibility index (Phi) is 4.56. The molecule has 0 fully saturated rings. The summed E-state index contributed by atoms with van der Waals surface area (Å²) in [4.78, 5) is 11.8. The molecule has 0 aliphatic rings. The number of carbonyl (C=O) groups is 1. The van der Waals surface area contributed by atoms with Crippen molar-refractivity contribution in [2.75, 3.05) is 13.2 Å². The van der Waals surface area contributed by atoms with Crippen molar-refractivity contribution in [3.8, 4) is 5.75 Å². The second kappa shape index (κ2) is 6.59. The van der Waals surface area contributed by atoms with E-state index < -0.39 is 0 Å². The molecule has 98 valence electrons. The van der Waals surface area contributed by atoms with Gasteiger partial charge in [0, 0.05) is 5.56 Å². The normalized spacial score (nSPS) is 9.95. The second-order valence-corrected chi connectivity index (χ2v) is 4.28. The van der Waals surface area contributed by atoms with Crippen LogP contribution in [-0.2, 0) is 0 Å². The molecule has 0 heterocycles. The summed E-state index contributed by atoms with van der Waals surface area (Å²) in [6.45, 7) is 2.94. The third kappa shape index (κ3) is 4.14. The smallest absolute Gasteiger partial charge is 0.251 e. The van der Waals surface area contributed by atoms with Crippen LogP contribution in [0.15, 0.2) is 54.6 Å². The first-order valence-electron chi connectivity index (χ1n) is 6.28. The number of carbonyl (C=O) groups excluding carboxylic acids is 1. The average molecular weight is 255 g/mol. The van der Waals surface area contributed by atoms with E-state index in [4.69, 9.17) is 4.74 Å². The number of hydrogen-bond acceptors (Lipinski definition) is 2. The van der Waals surface area contributed by atoms with Gasteiger partial charge in [-0.05, 0) is 31.2 Å². The molecule has 0 saturated heterocycles. The van der Waals surface area contributed by atoms with Gasteiger partial charge in [-0.3, -0.25) is 4.79 Å². The topological polar surface area (TPSA) is 38.3 Å². The second-order valence-electron chi connectivity index (χ2n) is 4.28. The minimum absolute atomic E-state index is 0.0725. The summed E-state index contributed by atoms with van der Waals surface area (Å²) in [6, 6.07) is 17.0. The Hall–Kier alpha value is -2.29. The maximum atomic E-state index is 11.8. The van der Waals surface area contributed by atoms with E-state index in [-0.39, 0.29) is 5.91 Å². The first-order chi connectivity index (χ1) is 9.25. The number of amides is 1. The SMILES string of the molecule is Cc1ccc(C(=O)NCCOc2ccccc2)cc1. The summed E-state index contributed by atoms with van der Waals surface area (Å²) in [6.07, 6.45) is 0. The van der Waals surface area contributed by atoms with Gasteiger partial charge in [0.05, 0.1) is 6.54 Å². The molecule has 2 rings (SSSR count). The fourth-order valence-electron chi connectivity index (χ4n) is 1.66. The molecule has 0 unspecified atom stereocenters. The molecular weight excluding hydrogens is 238 g/mol. The van der Waals surface area contributed by atoms with Crippen LogP contribution < -0.4 is 10.1 Å². The number of aryl methyl sites for hydroxylation is 1. The van der Waals surface area contributed by atoms with Crippen molar-refractivity contribution in [3.05, 3.63) is 65.7 Å². The van der Waals surface area contributed by atoms with Crippen molar-refractivity contribution >= 4 is 5.91 Å². The van der Waals surface area contributed by atoms with Gasteiger partial charge in [-0.1, -0.05) is 35.9 Å². The van der Waals surface area contributed by atoms with Crippen LogP contribution in [0.3, 0.4) is 0 Å². The zero-order chi connectivity index (χ0) is 13.5. The van der Waals surface area contributed by atoms with Crippen LogP contribution in [0.2, 0.25) is 0 Å². The largest absolute Gasteiger partial charge is 0.492 e. The van der Waals surface area contributed by atoms with Crippen LogP contribution >= 0.6 is 0 Å². The van der Waals surface area contributed by atoms with Gasteiger partial charge in [-0.25, -0.2) is 0 Å². The lowest BCUT2D eigenvalue weighted by Gasteiger charge is -2.07. The van der Waals surface area contributed by atoms with Crippen molar-refractivity contribution in [1.82, 2.24) is 5.32 Å². The predicted molar refractivity (Wildman–Crippen MR) is 75.4 cm³/mol. The first kappa shape index (κ1) is 13.1. The standard InChI is InChI=1S/C16H17NO2/c1-13-7-9-14(10-8-13)16(18)17-11-12-19-15-5-3-2-4-6-15/h2-10H,11-12H2,1H3,(H,17,18). The Bertz CT molecular complexity index is 520. The van der Waals surface area contributed by atoms with E-state index in [0.717, 1.165) is 11.3 Å². The minimum Gasteiger partial charge on any atom is -0.492 e. The zero-order valence-electron chi connectivity index (χ0n) is 10.9. The maximum Gasteiger partial charge on any atom is 0.251 e. The third-order valence-electron chi connectivity index (χ3n) is 2.71. The number of para-hydroxylation sites is 1. The van der Waals surface area contributed by atoms with Gasteiger partial charge in [0.15, 0.2) is 0 Å². The van der Waals surface area contributed by atoms with Gasteiger partial charge in [0.25, 0.3) is 5.91 Å². The molecule has 0 aromatic heterocycles. The monoisotopic (exact) mass is 255 g/mol. The molecule has 1 N–H and O–H groups in total. The summed E-state index contributed by atoms with van der Waals surface area (Å²) < 4.78 is 5.50. The van der Waals surface area contributed by atoms with Crippen molar-refractivity contribution < 1.29 is 9.53 Å². The molecule has 0 aliphatic carbocycles. The highest BCUT2D eigenvalue weighted by Crippen LogP contribution is 2.07. The Morgan fingerprint density at radius 2 is 1.74 bits per heavy atom. The van der Waals surface area contributed by atoms with E-state index >= 15 is 0 Å². The number of benzene rings is 2. The predicted octanol–water partition coefficient (Wildman–Crippen LogP) is 2.80. The molecule has 0 radical (unpaired) electrons. The van der Waals surface area contributed by atoms with E-state index in [9.17, 15) is 4.79 Å². The average Bonchev–Trinajstić information content (AvgIpc) is 2.45. The summed E-state index contributed by atoms with van der Waals surface area (Å²) in [5, 5.41) is 2.82. The Labute approximate surface area is 113 Å². The van der Waals surface area contributed by atoms with Crippen molar-refractivity contribution in [2.45, 2.75) is 6.92 Å². The molecule has 3 nitrogen and oxygen atoms in total. The summed E-state index contributed by atoms with van der Waals surface area (Å²) in [7, 11) is 0. The van der Waals surface area contributed by atoms with E-state index in [1.165, 1.54) is 0 Å². The molecule has 3 heteroatoms. The molecular formula is C16H17NO2. The number of hydrogen-bond donors (Lipinski definition) is 1. The van der Waals surface area contributed by atoms with Gasteiger partial charge < -0.3 is 10.1 Å². The quantitative estimate of drug-likeness (QED) is 0.834. The molecule has 0 saturated carbocycles. The molecule has 2 aromatic rings.